The summed E-state index contributed by atoms with van der Waals surface area (Å²) in [6, 6.07) is 0. The zero-order valence-electron chi connectivity index (χ0n) is 4.91. The van der Waals surface area contributed by atoms with Crippen molar-refractivity contribution in [3.8, 4) is 0 Å². The molecule has 0 spiro atoms. The maximum atomic E-state index is 11.5. The van der Waals surface area contributed by atoms with E-state index in [9.17, 15) is 18.0 Å². The standard InChI is InChI=1S/C4H4ClF3O2/c1-10-3(9)2(5)4(6,7)8/h2H,1H3/t2-/m1/s1. The van der Waals surface area contributed by atoms with Crippen molar-refractivity contribution in [1.29, 1.82) is 0 Å². The number of halogens is 4. The van der Waals surface area contributed by atoms with Gasteiger partial charge in [-0.05, 0) is 0 Å². The molecule has 0 heterocycles. The lowest BCUT2D eigenvalue weighted by atomic mass is 10.4. The second-order valence-electron chi connectivity index (χ2n) is 1.43. The molecule has 0 aliphatic heterocycles. The number of alkyl halides is 4. The second-order valence-corrected chi connectivity index (χ2v) is 1.86. The predicted octanol–water partition coefficient (Wildman–Crippen LogP) is 1.33. The molecule has 6 heteroatoms. The first kappa shape index (κ1) is 9.55. The third kappa shape index (κ3) is 2.43. The zero-order chi connectivity index (χ0) is 8.36. The van der Waals surface area contributed by atoms with Crippen LogP contribution >= 0.6 is 11.6 Å². The van der Waals surface area contributed by atoms with Crippen LogP contribution in [-0.2, 0) is 9.53 Å². The molecule has 0 saturated heterocycles. The molecule has 60 valence electrons. The monoisotopic (exact) mass is 176 g/mol. The van der Waals surface area contributed by atoms with Crippen LogP contribution in [0.5, 0.6) is 0 Å². The highest BCUT2D eigenvalue weighted by atomic mass is 35.5. The Labute approximate surface area is 59.9 Å². The van der Waals surface area contributed by atoms with Crippen LogP contribution in [0.4, 0.5) is 13.2 Å². The lowest BCUT2D eigenvalue weighted by Gasteiger charge is -2.09. The lowest BCUT2D eigenvalue weighted by Crippen LogP contribution is -2.32. The average molecular weight is 177 g/mol. The highest BCUT2D eigenvalue weighted by molar-refractivity contribution is 6.30. The number of hydrogen-bond acceptors (Lipinski definition) is 2. The third-order valence-electron chi connectivity index (χ3n) is 0.696. The van der Waals surface area contributed by atoms with Crippen molar-refractivity contribution in [2.24, 2.45) is 0 Å². The van der Waals surface area contributed by atoms with Gasteiger partial charge in [0.1, 0.15) is 0 Å². The van der Waals surface area contributed by atoms with Crippen LogP contribution in [0, 0.1) is 0 Å². The van der Waals surface area contributed by atoms with E-state index in [1.807, 2.05) is 0 Å². The van der Waals surface area contributed by atoms with Crippen molar-refractivity contribution in [1.82, 2.24) is 0 Å². The van der Waals surface area contributed by atoms with E-state index in [0.717, 1.165) is 7.11 Å². The van der Waals surface area contributed by atoms with Gasteiger partial charge in [-0.2, -0.15) is 13.2 Å². The first-order valence-corrected chi connectivity index (χ1v) is 2.62. The molecule has 0 radical (unpaired) electrons. The Hall–Kier alpha value is -0.450. The van der Waals surface area contributed by atoms with Crippen LogP contribution in [-0.4, -0.2) is 24.6 Å². The second kappa shape index (κ2) is 3.09. The Balaban J connectivity index is 4.08. The van der Waals surface area contributed by atoms with Gasteiger partial charge in [-0.25, -0.2) is 0 Å². The van der Waals surface area contributed by atoms with Crippen molar-refractivity contribution >= 4 is 17.6 Å². The van der Waals surface area contributed by atoms with Gasteiger partial charge in [-0.15, -0.1) is 11.6 Å². The molecule has 0 aliphatic rings. The summed E-state index contributed by atoms with van der Waals surface area (Å²) in [5.74, 6) is -1.49. The molecule has 0 N–H and O–H groups in total. The minimum atomic E-state index is -4.73. The van der Waals surface area contributed by atoms with Gasteiger partial charge >= 0.3 is 12.1 Å². The summed E-state index contributed by atoms with van der Waals surface area (Å²) in [4.78, 5) is 10.1. The van der Waals surface area contributed by atoms with Gasteiger partial charge in [0.05, 0.1) is 7.11 Å². The summed E-state index contributed by atoms with van der Waals surface area (Å²) in [5, 5.41) is -2.56. The molecule has 0 aromatic carbocycles. The van der Waals surface area contributed by atoms with Crippen LogP contribution < -0.4 is 0 Å². The van der Waals surface area contributed by atoms with Crippen LogP contribution in [0.2, 0.25) is 0 Å². The fourth-order valence-corrected chi connectivity index (χ4v) is 0.326. The molecular weight excluding hydrogens is 172 g/mol. The van der Waals surface area contributed by atoms with Crippen molar-refractivity contribution in [2.45, 2.75) is 11.6 Å². The number of carbonyl (C=O) groups excluding carboxylic acids is 1. The van der Waals surface area contributed by atoms with Crippen LogP contribution in [0.15, 0.2) is 0 Å². The minimum Gasteiger partial charge on any atom is -0.468 e. The summed E-state index contributed by atoms with van der Waals surface area (Å²) in [6.07, 6.45) is -4.73. The first-order chi connectivity index (χ1) is 4.39. The third-order valence-corrected chi connectivity index (χ3v) is 1.12. The largest absolute Gasteiger partial charge is 0.468 e. The van der Waals surface area contributed by atoms with Gasteiger partial charge < -0.3 is 4.74 Å². The summed E-state index contributed by atoms with van der Waals surface area (Å²) < 4.78 is 38.1. The number of hydrogen-bond donors (Lipinski definition) is 0. The molecule has 0 rings (SSSR count). The normalized spacial score (nSPS) is 14.5. The van der Waals surface area contributed by atoms with E-state index in [2.05, 4.69) is 16.3 Å². The summed E-state index contributed by atoms with van der Waals surface area (Å²) >= 11 is 4.61. The Bertz CT molecular complexity index is 133. The van der Waals surface area contributed by atoms with E-state index in [1.54, 1.807) is 0 Å². The average Bonchev–Trinajstić information content (AvgIpc) is 1.83. The van der Waals surface area contributed by atoms with E-state index in [4.69, 9.17) is 0 Å². The number of ether oxygens (including phenoxy) is 1. The van der Waals surface area contributed by atoms with E-state index in [-0.39, 0.29) is 0 Å². The molecule has 0 amide bonds. The number of carbonyl (C=O) groups is 1. The van der Waals surface area contributed by atoms with Gasteiger partial charge in [0.25, 0.3) is 0 Å². The van der Waals surface area contributed by atoms with Crippen molar-refractivity contribution < 1.29 is 22.7 Å². The van der Waals surface area contributed by atoms with Gasteiger partial charge in [-0.1, -0.05) is 0 Å². The Morgan fingerprint density at radius 2 is 2.00 bits per heavy atom. The quantitative estimate of drug-likeness (QED) is 0.445. The summed E-state index contributed by atoms with van der Waals surface area (Å²) in [7, 11) is 0.837. The Morgan fingerprint density at radius 3 is 2.10 bits per heavy atom. The Kier molecular flexibility index (Phi) is 2.96. The van der Waals surface area contributed by atoms with Gasteiger partial charge in [-0.3, -0.25) is 4.79 Å². The van der Waals surface area contributed by atoms with Crippen LogP contribution in [0.1, 0.15) is 0 Å². The lowest BCUT2D eigenvalue weighted by molar-refractivity contribution is -0.166. The first-order valence-electron chi connectivity index (χ1n) is 2.18. The van der Waals surface area contributed by atoms with Crippen LogP contribution in [0.25, 0.3) is 0 Å². The summed E-state index contributed by atoms with van der Waals surface area (Å²) in [6.45, 7) is 0. The van der Waals surface area contributed by atoms with Gasteiger partial charge in [0.15, 0.2) is 0 Å². The van der Waals surface area contributed by atoms with Gasteiger partial charge in [0, 0.05) is 0 Å². The fraction of sp³-hybridized carbons (Fsp3) is 0.750. The maximum absolute atomic E-state index is 11.5. The molecule has 0 bridgehead atoms. The van der Waals surface area contributed by atoms with Gasteiger partial charge in [0.2, 0.25) is 5.38 Å². The minimum absolute atomic E-state index is 0.837. The molecule has 2 nitrogen and oxygen atoms in total. The Morgan fingerprint density at radius 1 is 1.60 bits per heavy atom. The van der Waals surface area contributed by atoms with E-state index in [0.29, 0.717) is 0 Å². The molecule has 0 fully saturated rings. The number of rotatable bonds is 1. The number of esters is 1. The number of methoxy groups -OCH3 is 1. The molecule has 0 aliphatic carbocycles. The maximum Gasteiger partial charge on any atom is 0.415 e. The smallest absolute Gasteiger partial charge is 0.415 e. The molecular formula is C4H4ClF3O2. The molecule has 0 aromatic heterocycles. The molecule has 0 unspecified atom stereocenters. The van der Waals surface area contributed by atoms with Crippen molar-refractivity contribution in [3.05, 3.63) is 0 Å². The highest BCUT2D eigenvalue weighted by Crippen LogP contribution is 2.25. The molecule has 0 aromatic rings. The SMILES string of the molecule is COC(=O)[C@@H](Cl)C(F)(F)F. The fourth-order valence-electron chi connectivity index (χ4n) is 0.237. The summed E-state index contributed by atoms with van der Waals surface area (Å²) in [5.41, 5.74) is 0. The van der Waals surface area contributed by atoms with Crippen molar-refractivity contribution in [3.63, 3.8) is 0 Å². The topological polar surface area (TPSA) is 26.3 Å². The van der Waals surface area contributed by atoms with E-state index >= 15 is 0 Å². The van der Waals surface area contributed by atoms with Crippen LogP contribution in [0.3, 0.4) is 0 Å². The molecule has 0 saturated carbocycles. The highest BCUT2D eigenvalue weighted by Gasteiger charge is 2.44. The molecule has 10 heavy (non-hydrogen) atoms. The van der Waals surface area contributed by atoms with Crippen molar-refractivity contribution in [2.75, 3.05) is 7.11 Å². The zero-order valence-corrected chi connectivity index (χ0v) is 5.66. The predicted molar refractivity (Wildman–Crippen MR) is 27.7 cm³/mol. The molecule has 1 atom stereocenters. The van der Waals surface area contributed by atoms with E-state index in [1.165, 1.54) is 0 Å². The van der Waals surface area contributed by atoms with E-state index < -0.39 is 17.5 Å².